The molecular weight excluding hydrogens is 182 g/mol. The predicted molar refractivity (Wildman–Crippen MR) is 68.1 cm³/mol. The third-order valence-electron chi connectivity index (χ3n) is 4.17. The normalized spacial score (nSPS) is 23.6. The summed E-state index contributed by atoms with van der Waals surface area (Å²) in [7, 11) is 2.26. The van der Waals surface area contributed by atoms with Crippen molar-refractivity contribution in [1.29, 1.82) is 0 Å². The quantitative estimate of drug-likeness (QED) is 0.602. The van der Waals surface area contributed by atoms with Gasteiger partial charge in [0.15, 0.2) is 0 Å². The largest absolute Gasteiger partial charge is 0.306 e. The fourth-order valence-corrected chi connectivity index (χ4v) is 2.78. The summed E-state index contributed by atoms with van der Waals surface area (Å²) in [4.78, 5) is 2.48. The van der Waals surface area contributed by atoms with E-state index in [0.29, 0.717) is 5.41 Å². The second-order valence-corrected chi connectivity index (χ2v) is 6.05. The van der Waals surface area contributed by atoms with E-state index in [9.17, 15) is 0 Å². The van der Waals surface area contributed by atoms with Crippen molar-refractivity contribution in [3.8, 4) is 0 Å². The van der Waals surface area contributed by atoms with E-state index < -0.39 is 0 Å². The molecule has 1 unspecified atom stereocenters. The van der Waals surface area contributed by atoms with Gasteiger partial charge in [0.25, 0.3) is 0 Å². The minimum absolute atomic E-state index is 0.568. The molecule has 1 saturated heterocycles. The predicted octanol–water partition coefficient (Wildman–Crippen LogP) is 3.93. The number of rotatable bonds is 6. The first-order valence-electron chi connectivity index (χ1n) is 6.75. The minimum atomic E-state index is 0.568. The van der Waals surface area contributed by atoms with Gasteiger partial charge in [-0.05, 0) is 37.8 Å². The van der Waals surface area contributed by atoms with Crippen LogP contribution in [0.5, 0.6) is 0 Å². The van der Waals surface area contributed by atoms with Crippen LogP contribution < -0.4 is 0 Å². The van der Waals surface area contributed by atoms with Crippen molar-refractivity contribution in [3.05, 3.63) is 0 Å². The molecule has 0 saturated carbocycles. The average Bonchev–Trinajstić information content (AvgIpc) is 2.60. The summed E-state index contributed by atoms with van der Waals surface area (Å²) in [6.07, 6.45) is 8.47. The Hall–Kier alpha value is -0.0400. The molecule has 1 heteroatoms. The van der Waals surface area contributed by atoms with Crippen LogP contribution in [0.25, 0.3) is 0 Å². The molecule has 0 radical (unpaired) electrons. The van der Waals surface area contributed by atoms with Gasteiger partial charge < -0.3 is 4.90 Å². The fraction of sp³-hybridized carbons (Fsp3) is 1.00. The molecule has 1 rings (SSSR count). The molecule has 1 fully saturated rings. The van der Waals surface area contributed by atoms with Crippen LogP contribution in [0.3, 0.4) is 0 Å². The van der Waals surface area contributed by atoms with Gasteiger partial charge in [0, 0.05) is 6.54 Å². The molecule has 0 aromatic heterocycles. The number of unbranched alkanes of at least 4 members (excludes halogenated alkanes) is 3. The summed E-state index contributed by atoms with van der Waals surface area (Å²) in [5.41, 5.74) is 0.568. The van der Waals surface area contributed by atoms with Crippen LogP contribution >= 0.6 is 0 Å². The van der Waals surface area contributed by atoms with Crippen molar-refractivity contribution in [2.45, 2.75) is 59.3 Å². The van der Waals surface area contributed by atoms with E-state index in [0.717, 1.165) is 5.92 Å². The Morgan fingerprint density at radius 1 is 1.20 bits per heavy atom. The maximum absolute atomic E-state index is 2.48. The monoisotopic (exact) mass is 211 g/mol. The van der Waals surface area contributed by atoms with E-state index in [2.05, 4.69) is 32.7 Å². The molecule has 1 aliphatic heterocycles. The lowest BCUT2D eigenvalue weighted by molar-refractivity contribution is 0.191. The Bertz CT molecular complexity index is 174. The zero-order valence-electron chi connectivity index (χ0n) is 11.2. The van der Waals surface area contributed by atoms with Gasteiger partial charge in [0.05, 0.1) is 0 Å². The summed E-state index contributed by atoms with van der Waals surface area (Å²) >= 11 is 0. The van der Waals surface area contributed by atoms with Gasteiger partial charge in [-0.1, -0.05) is 46.5 Å². The minimum Gasteiger partial charge on any atom is -0.306 e. The molecule has 15 heavy (non-hydrogen) atoms. The van der Waals surface area contributed by atoms with Crippen LogP contribution in [0.4, 0.5) is 0 Å². The number of likely N-dealkylation sites (tertiary alicyclic amines) is 1. The lowest BCUT2D eigenvalue weighted by Crippen LogP contribution is -2.26. The number of nitrogens with zero attached hydrogens (tertiary/aromatic N) is 1. The molecule has 0 aromatic carbocycles. The SMILES string of the molecule is CCCCCCC(C)(C)C1CCN(C)C1. The van der Waals surface area contributed by atoms with Gasteiger partial charge in [0.2, 0.25) is 0 Å². The smallest absolute Gasteiger partial charge is 0.00122 e. The van der Waals surface area contributed by atoms with E-state index >= 15 is 0 Å². The molecule has 0 amide bonds. The topological polar surface area (TPSA) is 3.24 Å². The molecule has 90 valence electrons. The third-order valence-corrected chi connectivity index (χ3v) is 4.17. The summed E-state index contributed by atoms with van der Waals surface area (Å²) in [5, 5.41) is 0. The molecule has 1 aliphatic rings. The van der Waals surface area contributed by atoms with Crippen LogP contribution in [0.1, 0.15) is 59.3 Å². The zero-order chi connectivity index (χ0) is 11.3. The lowest BCUT2D eigenvalue weighted by Gasteiger charge is -2.31. The molecule has 1 nitrogen and oxygen atoms in total. The number of hydrogen-bond acceptors (Lipinski definition) is 1. The maximum atomic E-state index is 2.48. The highest BCUT2D eigenvalue weighted by molar-refractivity contribution is 4.85. The van der Waals surface area contributed by atoms with Crippen molar-refractivity contribution in [3.63, 3.8) is 0 Å². The fourth-order valence-electron chi connectivity index (χ4n) is 2.78. The highest BCUT2D eigenvalue weighted by Gasteiger charge is 2.33. The maximum Gasteiger partial charge on any atom is 0.00122 e. The molecule has 0 N–H and O–H groups in total. The highest BCUT2D eigenvalue weighted by atomic mass is 15.1. The first kappa shape index (κ1) is 13.0. The van der Waals surface area contributed by atoms with Crippen molar-refractivity contribution in [2.75, 3.05) is 20.1 Å². The summed E-state index contributed by atoms with van der Waals surface area (Å²) in [5.74, 6) is 0.934. The Morgan fingerprint density at radius 3 is 2.47 bits per heavy atom. The Labute approximate surface area is 96.2 Å². The van der Waals surface area contributed by atoms with Gasteiger partial charge >= 0.3 is 0 Å². The molecule has 0 aromatic rings. The molecule has 0 bridgehead atoms. The first-order chi connectivity index (χ1) is 7.06. The lowest BCUT2D eigenvalue weighted by atomic mass is 9.74. The standard InChI is InChI=1S/C14H29N/c1-5-6-7-8-10-14(2,3)13-9-11-15(4)12-13/h13H,5-12H2,1-4H3. The highest BCUT2D eigenvalue weighted by Crippen LogP contribution is 2.38. The second kappa shape index (κ2) is 5.89. The van der Waals surface area contributed by atoms with Gasteiger partial charge in [-0.3, -0.25) is 0 Å². The van der Waals surface area contributed by atoms with E-state index in [4.69, 9.17) is 0 Å². The van der Waals surface area contributed by atoms with E-state index in [-0.39, 0.29) is 0 Å². The van der Waals surface area contributed by atoms with Crippen LogP contribution in [-0.4, -0.2) is 25.0 Å². The van der Waals surface area contributed by atoms with Crippen molar-refractivity contribution >= 4 is 0 Å². The average molecular weight is 211 g/mol. The third kappa shape index (κ3) is 4.14. The zero-order valence-corrected chi connectivity index (χ0v) is 11.2. The molecule has 0 spiro atoms. The summed E-state index contributed by atoms with van der Waals surface area (Å²) in [6.45, 7) is 9.87. The molecular formula is C14H29N. The Morgan fingerprint density at radius 2 is 1.93 bits per heavy atom. The Kier molecular flexibility index (Phi) is 5.11. The van der Waals surface area contributed by atoms with Crippen molar-refractivity contribution in [1.82, 2.24) is 4.90 Å². The van der Waals surface area contributed by atoms with Crippen LogP contribution in [0.15, 0.2) is 0 Å². The first-order valence-corrected chi connectivity index (χ1v) is 6.75. The van der Waals surface area contributed by atoms with E-state index in [1.165, 1.54) is 51.6 Å². The van der Waals surface area contributed by atoms with Crippen molar-refractivity contribution < 1.29 is 0 Å². The van der Waals surface area contributed by atoms with Crippen LogP contribution in [-0.2, 0) is 0 Å². The van der Waals surface area contributed by atoms with Gasteiger partial charge in [-0.25, -0.2) is 0 Å². The summed E-state index contributed by atoms with van der Waals surface area (Å²) in [6, 6.07) is 0. The van der Waals surface area contributed by atoms with Gasteiger partial charge in [-0.2, -0.15) is 0 Å². The van der Waals surface area contributed by atoms with E-state index in [1.807, 2.05) is 0 Å². The Balaban J connectivity index is 2.25. The molecule has 0 aliphatic carbocycles. The van der Waals surface area contributed by atoms with E-state index in [1.54, 1.807) is 0 Å². The van der Waals surface area contributed by atoms with Crippen molar-refractivity contribution in [2.24, 2.45) is 11.3 Å². The second-order valence-electron chi connectivity index (χ2n) is 6.05. The number of hydrogen-bond donors (Lipinski definition) is 0. The molecule has 1 heterocycles. The van der Waals surface area contributed by atoms with Crippen LogP contribution in [0, 0.1) is 11.3 Å². The van der Waals surface area contributed by atoms with Gasteiger partial charge in [0.1, 0.15) is 0 Å². The van der Waals surface area contributed by atoms with Gasteiger partial charge in [-0.15, -0.1) is 0 Å². The molecule has 1 atom stereocenters. The van der Waals surface area contributed by atoms with Crippen LogP contribution in [0.2, 0.25) is 0 Å². The summed E-state index contributed by atoms with van der Waals surface area (Å²) < 4.78 is 0.